The number of amides is 1. The Labute approximate surface area is 253 Å². The van der Waals surface area contributed by atoms with Gasteiger partial charge in [0, 0.05) is 64.1 Å². The average Bonchev–Trinajstić information content (AvgIpc) is 3.42. The third-order valence-corrected chi connectivity index (χ3v) is 10.4. The zero-order valence-electron chi connectivity index (χ0n) is 23.4. The van der Waals surface area contributed by atoms with Crippen molar-refractivity contribution in [2.75, 3.05) is 23.7 Å². The van der Waals surface area contributed by atoms with Crippen LogP contribution in [-0.4, -0.2) is 51.3 Å². The summed E-state index contributed by atoms with van der Waals surface area (Å²) < 4.78 is 60.1. The number of hydrogen-bond acceptors (Lipinski definition) is 6. The molecule has 2 aliphatic rings. The number of piperazine rings is 1. The topological polar surface area (TPSA) is 58.4 Å². The summed E-state index contributed by atoms with van der Waals surface area (Å²) >= 11 is 2.81. The molecule has 1 amide bonds. The number of thiophene rings is 1. The summed E-state index contributed by atoms with van der Waals surface area (Å²) in [4.78, 5) is 35.6. The van der Waals surface area contributed by atoms with Gasteiger partial charge in [-0.2, -0.15) is 18.2 Å². The molecule has 12 heteroatoms. The van der Waals surface area contributed by atoms with Gasteiger partial charge < -0.3 is 9.80 Å². The first-order valence-electron chi connectivity index (χ1n) is 13.8. The first kappa shape index (κ1) is 29.4. The van der Waals surface area contributed by atoms with Crippen LogP contribution in [0.2, 0.25) is 0 Å². The van der Waals surface area contributed by atoms with Gasteiger partial charge in [-0.15, -0.1) is 23.1 Å². The monoisotopic (exact) mass is 628 g/mol. The van der Waals surface area contributed by atoms with Crippen LogP contribution in [0.1, 0.15) is 30.2 Å². The van der Waals surface area contributed by atoms with Crippen molar-refractivity contribution < 1.29 is 22.4 Å². The number of anilines is 1. The van der Waals surface area contributed by atoms with Gasteiger partial charge in [-0.25, -0.2) is 9.18 Å². The molecule has 4 heterocycles. The Bertz CT molecular complexity index is 1760. The highest BCUT2D eigenvalue weighted by Crippen LogP contribution is 2.49. The van der Waals surface area contributed by atoms with Crippen LogP contribution in [0.4, 0.5) is 23.4 Å². The van der Waals surface area contributed by atoms with E-state index < -0.39 is 23.2 Å². The highest BCUT2D eigenvalue weighted by Gasteiger charge is 2.40. The van der Waals surface area contributed by atoms with Crippen molar-refractivity contribution >= 4 is 45.7 Å². The molecule has 1 fully saturated rings. The van der Waals surface area contributed by atoms with Crippen LogP contribution in [0.3, 0.4) is 0 Å². The number of alkyl halides is 3. The maximum Gasteiger partial charge on any atom is 0.417 e. The third-order valence-electron chi connectivity index (χ3n) is 8.06. The van der Waals surface area contributed by atoms with Crippen molar-refractivity contribution in [2.45, 2.75) is 49.5 Å². The lowest BCUT2D eigenvalue weighted by atomic mass is 9.96. The van der Waals surface area contributed by atoms with Crippen LogP contribution in [0, 0.1) is 5.82 Å². The fourth-order valence-electron chi connectivity index (χ4n) is 6.26. The van der Waals surface area contributed by atoms with E-state index in [1.54, 1.807) is 9.80 Å². The quantitative estimate of drug-likeness (QED) is 0.184. The van der Waals surface area contributed by atoms with Gasteiger partial charge in [-0.05, 0) is 55.1 Å². The number of carbonyl (C=O) groups excluding carboxylic acids is 1. The molecule has 0 aliphatic carbocycles. The third kappa shape index (κ3) is 5.24. The summed E-state index contributed by atoms with van der Waals surface area (Å²) in [5, 5.41) is 2.15. The number of halogens is 4. The molecule has 0 unspecified atom stereocenters. The number of nitrogens with zero attached hydrogens (tertiary/aromatic N) is 4. The summed E-state index contributed by atoms with van der Waals surface area (Å²) in [5.74, 6) is -0.323. The minimum absolute atomic E-state index is 0.0785. The minimum Gasteiger partial charge on any atom is -0.352 e. The lowest BCUT2D eigenvalue weighted by Gasteiger charge is -2.44. The van der Waals surface area contributed by atoms with Crippen molar-refractivity contribution in [1.82, 2.24) is 14.5 Å². The van der Waals surface area contributed by atoms with E-state index in [0.717, 1.165) is 23.1 Å². The summed E-state index contributed by atoms with van der Waals surface area (Å²) in [6.07, 6.45) is -3.50. The van der Waals surface area contributed by atoms with Crippen molar-refractivity contribution in [3.05, 3.63) is 87.2 Å². The Hall–Kier alpha value is -3.64. The molecular weight excluding hydrogens is 600 g/mol. The molecule has 3 atom stereocenters. The molecule has 2 aromatic heterocycles. The second-order valence-corrected chi connectivity index (χ2v) is 12.9. The number of rotatable bonds is 4. The number of hydrogen-bond donors (Lipinski definition) is 0. The maximum atomic E-state index is 14.9. The van der Waals surface area contributed by atoms with E-state index in [1.807, 2.05) is 31.4 Å². The summed E-state index contributed by atoms with van der Waals surface area (Å²) in [5.41, 5.74) is -0.911. The van der Waals surface area contributed by atoms with Crippen LogP contribution in [0.25, 0.3) is 22.0 Å². The van der Waals surface area contributed by atoms with Gasteiger partial charge in [-0.3, -0.25) is 9.36 Å². The van der Waals surface area contributed by atoms with Crippen LogP contribution in [-0.2, 0) is 17.5 Å². The lowest BCUT2D eigenvalue weighted by Crippen LogP contribution is -2.58. The molecule has 0 bridgehead atoms. The van der Waals surface area contributed by atoms with Crippen LogP contribution in [0.15, 0.2) is 70.2 Å². The lowest BCUT2D eigenvalue weighted by molar-refractivity contribution is -0.137. The largest absolute Gasteiger partial charge is 0.417 e. The van der Waals surface area contributed by atoms with Gasteiger partial charge >= 0.3 is 11.9 Å². The predicted molar refractivity (Wildman–Crippen MR) is 162 cm³/mol. The van der Waals surface area contributed by atoms with Crippen molar-refractivity contribution in [3.8, 4) is 11.1 Å². The molecular formula is C31H28F4N4O2S2. The zero-order chi connectivity index (χ0) is 30.6. The summed E-state index contributed by atoms with van der Waals surface area (Å²) in [6, 6.07) is 9.31. The zero-order valence-corrected chi connectivity index (χ0v) is 25.0. The first-order chi connectivity index (χ1) is 20.5. The molecule has 2 aliphatic heterocycles. The Kier molecular flexibility index (Phi) is 7.62. The first-order valence-corrected chi connectivity index (χ1v) is 15.6. The number of benzene rings is 2. The Morgan fingerprint density at radius 2 is 1.79 bits per heavy atom. The van der Waals surface area contributed by atoms with Crippen LogP contribution in [0.5, 0.6) is 0 Å². The summed E-state index contributed by atoms with van der Waals surface area (Å²) in [6.45, 7) is 8.09. The molecule has 4 aromatic rings. The smallest absolute Gasteiger partial charge is 0.352 e. The van der Waals surface area contributed by atoms with Gasteiger partial charge in [0.05, 0.1) is 11.1 Å². The van der Waals surface area contributed by atoms with Crippen LogP contribution < -0.4 is 10.6 Å². The highest BCUT2D eigenvalue weighted by atomic mass is 32.2. The SMILES string of the molecule is C=CC(=O)N1[C@H](C)CN(c2nc(=O)n3c4c(c(-c5ccc(F)cc5)c(C(F)(F)F)cc24)SC[C@H](c2cccs2)C3)C[C@@H]1C. The molecule has 0 saturated carbocycles. The Morgan fingerprint density at radius 1 is 1.09 bits per heavy atom. The van der Waals surface area contributed by atoms with E-state index in [2.05, 4.69) is 11.6 Å². The molecule has 2 aromatic carbocycles. The predicted octanol–water partition coefficient (Wildman–Crippen LogP) is 6.78. The van der Waals surface area contributed by atoms with E-state index in [9.17, 15) is 27.2 Å². The second kappa shape index (κ2) is 11.1. The van der Waals surface area contributed by atoms with E-state index in [1.165, 1.54) is 45.9 Å². The number of carbonyl (C=O) groups is 1. The second-order valence-electron chi connectivity index (χ2n) is 10.9. The molecule has 6 nitrogen and oxygen atoms in total. The van der Waals surface area contributed by atoms with Gasteiger partial charge in [0.15, 0.2) is 0 Å². The number of aromatic nitrogens is 2. The van der Waals surface area contributed by atoms with Gasteiger partial charge in [0.2, 0.25) is 5.91 Å². The Balaban J connectivity index is 1.63. The normalized spacial score (nSPS) is 20.7. The van der Waals surface area contributed by atoms with Gasteiger partial charge in [0.1, 0.15) is 11.6 Å². The molecule has 224 valence electrons. The fraction of sp³-hybridized carbons (Fsp3) is 0.323. The van der Waals surface area contributed by atoms with E-state index >= 15 is 0 Å². The molecule has 0 N–H and O–H groups in total. The van der Waals surface area contributed by atoms with Gasteiger partial charge in [0.25, 0.3) is 0 Å². The van der Waals surface area contributed by atoms with Crippen LogP contribution >= 0.6 is 23.1 Å². The standard InChI is InChI=1S/C31H28F4N4O2S2/c1-4-25(40)39-17(2)13-37(14-18(39)3)29-22-12-23(31(33,34)35)26(19-7-9-21(32)10-8-19)28-27(22)38(30(41)36-29)15-20(16-43-28)24-6-5-11-42-24/h4-12,17-18,20H,1,13-16H2,2-3H3/t17-,18+,20-/m1/s1. The molecule has 1 saturated heterocycles. The molecule has 0 spiro atoms. The highest BCUT2D eigenvalue weighted by molar-refractivity contribution is 7.99. The van der Waals surface area contributed by atoms with E-state index in [-0.39, 0.29) is 65.9 Å². The number of thioether (sulfide) groups is 1. The molecule has 6 rings (SSSR count). The molecule has 0 radical (unpaired) electrons. The van der Waals surface area contributed by atoms with E-state index in [4.69, 9.17) is 0 Å². The fourth-order valence-corrected chi connectivity index (χ4v) is 8.57. The average molecular weight is 629 g/mol. The van der Waals surface area contributed by atoms with Crippen molar-refractivity contribution in [2.24, 2.45) is 0 Å². The maximum absolute atomic E-state index is 14.9. The minimum atomic E-state index is -4.75. The Morgan fingerprint density at radius 3 is 2.40 bits per heavy atom. The summed E-state index contributed by atoms with van der Waals surface area (Å²) in [7, 11) is 0. The van der Waals surface area contributed by atoms with Gasteiger partial charge in [-0.1, -0.05) is 24.8 Å². The van der Waals surface area contributed by atoms with Crippen molar-refractivity contribution in [3.63, 3.8) is 0 Å². The molecule has 43 heavy (non-hydrogen) atoms. The van der Waals surface area contributed by atoms with Crippen molar-refractivity contribution in [1.29, 1.82) is 0 Å². The van der Waals surface area contributed by atoms with E-state index in [0.29, 0.717) is 16.2 Å².